The number of rotatable bonds is 0. The molecule has 0 aliphatic carbocycles. The van der Waals surface area contributed by atoms with Crippen molar-refractivity contribution < 1.29 is 9.59 Å². The van der Waals surface area contributed by atoms with Gasteiger partial charge in [-0.25, -0.2) is 0 Å². The zero-order valence-corrected chi connectivity index (χ0v) is 4.10. The minimum Gasteiger partial charge on any atom is -0.345 e. The maximum Gasteiger partial charge on any atom is 0.245 e. The van der Waals surface area contributed by atoms with E-state index in [1.165, 1.54) is 0 Å². The van der Waals surface area contributed by atoms with Crippen molar-refractivity contribution in [3.8, 4) is 0 Å². The molecule has 0 aromatic rings. The summed E-state index contributed by atoms with van der Waals surface area (Å²) in [4.78, 5) is 20.5. The lowest BCUT2D eigenvalue weighted by atomic mass is 10.4. The van der Waals surface area contributed by atoms with Crippen molar-refractivity contribution in [2.75, 3.05) is 6.54 Å². The third-order valence-corrected chi connectivity index (χ3v) is 0.787. The second-order valence-corrected chi connectivity index (χ2v) is 1.43. The summed E-state index contributed by atoms with van der Waals surface area (Å²) >= 11 is 0. The van der Waals surface area contributed by atoms with Crippen molar-refractivity contribution in [3.05, 3.63) is 6.54 Å². The first-order valence-corrected chi connectivity index (χ1v) is 2.19. The lowest BCUT2D eigenvalue weighted by Gasteiger charge is -2.10. The van der Waals surface area contributed by atoms with Crippen LogP contribution >= 0.6 is 0 Å². The van der Waals surface area contributed by atoms with Crippen LogP contribution in [0.15, 0.2) is 0 Å². The van der Waals surface area contributed by atoms with Gasteiger partial charge in [0.15, 0.2) is 0 Å². The SMILES string of the molecule is O=C1[CH]NC(=O)CN1. The van der Waals surface area contributed by atoms with E-state index in [4.69, 9.17) is 0 Å². The molecule has 1 heterocycles. The molecule has 4 nitrogen and oxygen atoms in total. The van der Waals surface area contributed by atoms with E-state index in [2.05, 4.69) is 10.6 Å². The monoisotopic (exact) mass is 113 g/mol. The molecule has 1 aliphatic rings. The summed E-state index contributed by atoms with van der Waals surface area (Å²) < 4.78 is 0. The molecular weight excluding hydrogens is 108 g/mol. The van der Waals surface area contributed by atoms with Crippen molar-refractivity contribution >= 4 is 11.8 Å². The number of amides is 2. The van der Waals surface area contributed by atoms with Gasteiger partial charge in [-0.2, -0.15) is 0 Å². The summed E-state index contributed by atoms with van der Waals surface area (Å²) in [5, 5.41) is 4.58. The quantitative estimate of drug-likeness (QED) is 0.397. The van der Waals surface area contributed by atoms with Gasteiger partial charge in [-0.3, -0.25) is 9.59 Å². The van der Waals surface area contributed by atoms with Crippen molar-refractivity contribution in [2.24, 2.45) is 0 Å². The molecule has 1 saturated heterocycles. The molecule has 0 bridgehead atoms. The Labute approximate surface area is 46.3 Å². The zero-order valence-electron chi connectivity index (χ0n) is 4.10. The molecular formula is C4H5N2O2. The summed E-state index contributed by atoms with van der Waals surface area (Å²) in [6.45, 7) is 1.20. The summed E-state index contributed by atoms with van der Waals surface area (Å²) in [7, 11) is 0. The van der Waals surface area contributed by atoms with E-state index in [0.717, 1.165) is 6.54 Å². The van der Waals surface area contributed by atoms with Crippen LogP contribution in [0.5, 0.6) is 0 Å². The zero-order chi connectivity index (χ0) is 5.98. The molecule has 2 N–H and O–H groups in total. The number of piperazine rings is 1. The molecule has 1 rings (SSSR count). The Morgan fingerprint density at radius 2 is 2.25 bits per heavy atom. The summed E-state index contributed by atoms with van der Waals surface area (Å²) in [5.74, 6) is -0.422. The molecule has 0 aromatic carbocycles. The first kappa shape index (κ1) is 5.08. The van der Waals surface area contributed by atoms with E-state index in [0.29, 0.717) is 0 Å². The summed E-state index contributed by atoms with van der Waals surface area (Å²) in [6, 6.07) is 0. The van der Waals surface area contributed by atoms with Gasteiger partial charge in [0.05, 0.1) is 6.54 Å². The highest BCUT2D eigenvalue weighted by molar-refractivity contribution is 5.96. The first-order chi connectivity index (χ1) is 3.79. The second kappa shape index (κ2) is 1.81. The smallest absolute Gasteiger partial charge is 0.245 e. The van der Waals surface area contributed by atoms with Crippen LogP contribution in [0, 0.1) is 6.54 Å². The number of carbonyl (C=O) groups excluding carboxylic acids is 2. The predicted octanol–water partition coefficient (Wildman–Crippen LogP) is -1.61. The van der Waals surface area contributed by atoms with Crippen LogP contribution in [0.25, 0.3) is 0 Å². The number of nitrogens with one attached hydrogen (secondary N) is 2. The van der Waals surface area contributed by atoms with Crippen molar-refractivity contribution in [1.29, 1.82) is 0 Å². The number of hydrogen-bond acceptors (Lipinski definition) is 2. The lowest BCUT2D eigenvalue weighted by molar-refractivity contribution is -0.128. The number of hydrogen-bond donors (Lipinski definition) is 2. The van der Waals surface area contributed by atoms with Gasteiger partial charge in [-0.1, -0.05) is 0 Å². The first-order valence-electron chi connectivity index (χ1n) is 2.19. The third-order valence-electron chi connectivity index (χ3n) is 0.787. The topological polar surface area (TPSA) is 58.2 Å². The van der Waals surface area contributed by atoms with Gasteiger partial charge in [0.25, 0.3) is 0 Å². The average molecular weight is 113 g/mol. The van der Waals surface area contributed by atoms with Gasteiger partial charge in [0.2, 0.25) is 11.8 Å². The second-order valence-electron chi connectivity index (χ2n) is 1.43. The van der Waals surface area contributed by atoms with Crippen LogP contribution in [-0.2, 0) is 9.59 Å². The minimum atomic E-state index is -0.246. The molecule has 4 heteroatoms. The van der Waals surface area contributed by atoms with E-state index < -0.39 is 0 Å². The van der Waals surface area contributed by atoms with Crippen LogP contribution in [0.1, 0.15) is 0 Å². The molecule has 0 aromatic heterocycles. The predicted molar refractivity (Wildman–Crippen MR) is 25.5 cm³/mol. The van der Waals surface area contributed by atoms with Gasteiger partial charge in [0, 0.05) is 0 Å². The molecule has 1 aliphatic heterocycles. The van der Waals surface area contributed by atoms with Crippen LogP contribution in [0.3, 0.4) is 0 Å². The molecule has 2 amide bonds. The normalized spacial score (nSPS) is 19.5. The Balaban J connectivity index is 2.40. The number of carbonyl (C=O) groups is 2. The maximum absolute atomic E-state index is 10.3. The van der Waals surface area contributed by atoms with E-state index in [9.17, 15) is 9.59 Å². The van der Waals surface area contributed by atoms with Crippen LogP contribution in [-0.4, -0.2) is 18.4 Å². The highest BCUT2D eigenvalue weighted by Crippen LogP contribution is 1.78. The maximum atomic E-state index is 10.3. The standard InChI is InChI=1S/C4H5N2O2/c7-3-1-5-4(8)2-6-3/h1H,2H2,(H,5,8)(H,6,7). The Hall–Kier alpha value is -1.06. The van der Waals surface area contributed by atoms with E-state index in [-0.39, 0.29) is 18.4 Å². The molecule has 0 atom stereocenters. The highest BCUT2D eigenvalue weighted by atomic mass is 16.2. The fraction of sp³-hybridized carbons (Fsp3) is 0.250. The van der Waals surface area contributed by atoms with E-state index in [1.807, 2.05) is 0 Å². The summed E-state index contributed by atoms with van der Waals surface area (Å²) in [6.07, 6.45) is 0. The van der Waals surface area contributed by atoms with Gasteiger partial charge in [-0.15, -0.1) is 0 Å². The molecule has 0 spiro atoms. The van der Waals surface area contributed by atoms with Gasteiger partial charge < -0.3 is 10.6 Å². The third kappa shape index (κ3) is 0.959. The minimum absolute atomic E-state index is 0.0926. The average Bonchev–Trinajstić information content (AvgIpc) is 1.77. The Morgan fingerprint density at radius 3 is 2.62 bits per heavy atom. The van der Waals surface area contributed by atoms with Crippen molar-refractivity contribution in [1.82, 2.24) is 10.6 Å². The Morgan fingerprint density at radius 1 is 1.50 bits per heavy atom. The van der Waals surface area contributed by atoms with Gasteiger partial charge >= 0.3 is 0 Å². The molecule has 8 heavy (non-hydrogen) atoms. The van der Waals surface area contributed by atoms with Crippen LogP contribution < -0.4 is 10.6 Å². The summed E-state index contributed by atoms with van der Waals surface area (Å²) in [5.41, 5.74) is 0. The van der Waals surface area contributed by atoms with Crippen LogP contribution in [0.4, 0.5) is 0 Å². The molecule has 0 saturated carbocycles. The molecule has 1 radical (unpaired) electrons. The van der Waals surface area contributed by atoms with Gasteiger partial charge in [0.1, 0.15) is 6.54 Å². The molecule has 1 fully saturated rings. The Kier molecular flexibility index (Phi) is 1.15. The van der Waals surface area contributed by atoms with E-state index >= 15 is 0 Å². The highest BCUT2D eigenvalue weighted by Gasteiger charge is 2.11. The fourth-order valence-electron chi connectivity index (χ4n) is 0.415. The van der Waals surface area contributed by atoms with Crippen molar-refractivity contribution in [2.45, 2.75) is 0 Å². The lowest BCUT2D eigenvalue weighted by Crippen LogP contribution is -2.45. The largest absolute Gasteiger partial charge is 0.345 e. The van der Waals surface area contributed by atoms with Crippen LogP contribution in [0.2, 0.25) is 0 Å². The fourth-order valence-corrected chi connectivity index (χ4v) is 0.415. The van der Waals surface area contributed by atoms with Gasteiger partial charge in [-0.05, 0) is 0 Å². The molecule has 0 unspecified atom stereocenters. The van der Waals surface area contributed by atoms with E-state index in [1.54, 1.807) is 0 Å². The Bertz CT molecular complexity index is 104. The molecule has 43 valence electrons. The van der Waals surface area contributed by atoms with Crippen molar-refractivity contribution in [3.63, 3.8) is 0 Å².